The molecule has 2 bridgehead atoms. The fraction of sp³-hybridized carbons (Fsp3) is 0.619. The lowest BCUT2D eigenvalue weighted by Gasteiger charge is -2.35. The number of carbonyl (C=O) groups excluding carboxylic acids is 2. The maximum Gasteiger partial charge on any atom is 0.223 e. The van der Waals surface area contributed by atoms with Crippen molar-refractivity contribution >= 4 is 11.7 Å². The highest BCUT2D eigenvalue weighted by atomic mass is 16.5. The molecule has 2 fully saturated rings. The molecule has 1 aromatic carbocycles. The first-order valence-corrected chi connectivity index (χ1v) is 9.84. The van der Waals surface area contributed by atoms with E-state index in [1.807, 2.05) is 24.1 Å². The summed E-state index contributed by atoms with van der Waals surface area (Å²) in [6.45, 7) is 2.73. The molecule has 2 saturated heterocycles. The normalized spacial score (nSPS) is 24.3. The van der Waals surface area contributed by atoms with E-state index in [2.05, 4.69) is 12.2 Å². The molecule has 0 saturated carbocycles. The van der Waals surface area contributed by atoms with Crippen molar-refractivity contribution in [1.29, 1.82) is 0 Å². The lowest BCUT2D eigenvalue weighted by Crippen LogP contribution is -2.48. The van der Waals surface area contributed by atoms with Crippen molar-refractivity contribution in [3.05, 3.63) is 29.8 Å². The second kappa shape index (κ2) is 8.67. The lowest BCUT2D eigenvalue weighted by atomic mass is 9.98. The third-order valence-corrected chi connectivity index (χ3v) is 5.60. The third-order valence-electron chi connectivity index (χ3n) is 5.60. The molecule has 0 aromatic heterocycles. The van der Waals surface area contributed by atoms with Crippen LogP contribution in [0.15, 0.2) is 24.3 Å². The number of ether oxygens (including phenoxy) is 1. The smallest absolute Gasteiger partial charge is 0.223 e. The molecule has 1 amide bonds. The summed E-state index contributed by atoms with van der Waals surface area (Å²) in [5, 5.41) is 3.60. The summed E-state index contributed by atoms with van der Waals surface area (Å²) in [6.07, 6.45) is 6.00. The van der Waals surface area contributed by atoms with Gasteiger partial charge in [0.1, 0.15) is 5.75 Å². The Bertz CT molecular complexity index is 617. The topological polar surface area (TPSA) is 58.6 Å². The predicted octanol–water partition coefficient (Wildman–Crippen LogP) is 3.18. The first-order valence-electron chi connectivity index (χ1n) is 9.84. The zero-order valence-corrected chi connectivity index (χ0v) is 15.9. The summed E-state index contributed by atoms with van der Waals surface area (Å²) in [6, 6.07) is 8.64. The van der Waals surface area contributed by atoms with Gasteiger partial charge in [-0.1, -0.05) is 6.92 Å². The van der Waals surface area contributed by atoms with Gasteiger partial charge in [-0.25, -0.2) is 0 Å². The summed E-state index contributed by atoms with van der Waals surface area (Å²) < 4.78 is 5.53. The number of fused-ring (bicyclic) bond motifs is 2. The Balaban J connectivity index is 1.46. The van der Waals surface area contributed by atoms with Crippen LogP contribution in [0.4, 0.5) is 0 Å². The van der Waals surface area contributed by atoms with E-state index < -0.39 is 0 Å². The monoisotopic (exact) mass is 358 g/mol. The molecule has 1 N–H and O–H groups in total. The Hall–Kier alpha value is -1.88. The number of ketones is 1. The molecule has 2 unspecified atom stereocenters. The van der Waals surface area contributed by atoms with Crippen LogP contribution in [0, 0.1) is 0 Å². The number of nitrogens with one attached hydrogen (secondary N) is 1. The summed E-state index contributed by atoms with van der Waals surface area (Å²) in [7, 11) is 1.89. The van der Waals surface area contributed by atoms with Crippen molar-refractivity contribution < 1.29 is 14.3 Å². The highest BCUT2D eigenvalue weighted by Crippen LogP contribution is 2.29. The van der Waals surface area contributed by atoms with Gasteiger partial charge >= 0.3 is 0 Å². The number of carbonyl (C=O) groups is 2. The number of Topliss-reactive ketones (excluding diaryl/α,β-unsaturated/α-hetero) is 1. The standard InChI is InChI=1S/C21H30N2O3/c1-3-12-26-19-8-4-15(5-9-19)20(24)10-11-21(25)23(2)18-13-16-6-7-17(14-18)22-16/h4-5,8-9,16-18,22H,3,6-7,10-14H2,1-2H3. The average molecular weight is 358 g/mol. The molecule has 0 radical (unpaired) electrons. The fourth-order valence-electron chi connectivity index (χ4n) is 4.05. The minimum atomic E-state index is 0.0131. The minimum absolute atomic E-state index is 0.0131. The Morgan fingerprint density at radius 3 is 2.38 bits per heavy atom. The van der Waals surface area contributed by atoms with Crippen LogP contribution in [-0.2, 0) is 4.79 Å². The number of piperidine rings is 1. The van der Waals surface area contributed by atoms with Crippen LogP contribution < -0.4 is 10.1 Å². The summed E-state index contributed by atoms with van der Waals surface area (Å²) >= 11 is 0. The second-order valence-electron chi connectivity index (χ2n) is 7.56. The average Bonchev–Trinajstić information content (AvgIpc) is 3.01. The molecular formula is C21H30N2O3. The molecule has 0 aliphatic carbocycles. The molecule has 142 valence electrons. The molecule has 2 heterocycles. The van der Waals surface area contributed by atoms with Crippen LogP contribution >= 0.6 is 0 Å². The van der Waals surface area contributed by atoms with E-state index in [0.29, 0.717) is 30.3 Å². The van der Waals surface area contributed by atoms with E-state index in [0.717, 1.165) is 25.0 Å². The van der Waals surface area contributed by atoms with Crippen molar-refractivity contribution in [2.75, 3.05) is 13.7 Å². The van der Waals surface area contributed by atoms with Gasteiger partial charge < -0.3 is 15.0 Å². The number of hydrogen-bond donors (Lipinski definition) is 1. The van der Waals surface area contributed by atoms with Gasteiger partial charge in [-0.3, -0.25) is 9.59 Å². The lowest BCUT2D eigenvalue weighted by molar-refractivity contribution is -0.132. The van der Waals surface area contributed by atoms with Crippen molar-refractivity contribution in [2.24, 2.45) is 0 Å². The number of nitrogens with zero attached hydrogens (tertiary/aromatic N) is 1. The molecule has 5 heteroatoms. The number of benzene rings is 1. The number of amides is 1. The molecule has 5 nitrogen and oxygen atoms in total. The van der Waals surface area contributed by atoms with E-state index >= 15 is 0 Å². The molecule has 2 atom stereocenters. The fourth-order valence-corrected chi connectivity index (χ4v) is 4.05. The molecule has 2 aliphatic rings. The van der Waals surface area contributed by atoms with E-state index in [1.54, 1.807) is 12.1 Å². The Labute approximate surface area is 156 Å². The zero-order chi connectivity index (χ0) is 18.5. The molecule has 0 spiro atoms. The van der Waals surface area contributed by atoms with E-state index in [-0.39, 0.29) is 24.5 Å². The van der Waals surface area contributed by atoms with E-state index in [1.165, 1.54) is 12.8 Å². The van der Waals surface area contributed by atoms with Gasteiger partial charge in [-0.05, 0) is 56.4 Å². The largest absolute Gasteiger partial charge is 0.494 e. The second-order valence-corrected chi connectivity index (χ2v) is 7.56. The first-order chi connectivity index (χ1) is 12.6. The number of rotatable bonds is 8. The van der Waals surface area contributed by atoms with Gasteiger partial charge in [0, 0.05) is 43.6 Å². The molecule has 2 aliphatic heterocycles. The molecule has 1 aromatic rings. The van der Waals surface area contributed by atoms with Crippen molar-refractivity contribution in [1.82, 2.24) is 10.2 Å². The van der Waals surface area contributed by atoms with Crippen molar-refractivity contribution in [2.45, 2.75) is 70.0 Å². The Morgan fingerprint density at radius 2 is 1.77 bits per heavy atom. The molecule has 3 rings (SSSR count). The van der Waals surface area contributed by atoms with Gasteiger partial charge in [0.15, 0.2) is 5.78 Å². The maximum atomic E-state index is 12.5. The zero-order valence-electron chi connectivity index (χ0n) is 15.9. The van der Waals surface area contributed by atoms with Crippen LogP contribution in [-0.4, -0.2) is 48.4 Å². The van der Waals surface area contributed by atoms with Gasteiger partial charge in [-0.15, -0.1) is 0 Å². The predicted molar refractivity (Wildman–Crippen MR) is 102 cm³/mol. The van der Waals surface area contributed by atoms with Crippen LogP contribution in [0.5, 0.6) is 5.75 Å². The maximum absolute atomic E-state index is 12.5. The minimum Gasteiger partial charge on any atom is -0.494 e. The number of hydrogen-bond acceptors (Lipinski definition) is 4. The van der Waals surface area contributed by atoms with E-state index in [9.17, 15) is 9.59 Å². The summed E-state index contributed by atoms with van der Waals surface area (Å²) in [5.41, 5.74) is 0.643. The summed E-state index contributed by atoms with van der Waals surface area (Å²) in [4.78, 5) is 26.8. The van der Waals surface area contributed by atoms with Crippen LogP contribution in [0.3, 0.4) is 0 Å². The van der Waals surface area contributed by atoms with Gasteiger partial charge in [-0.2, -0.15) is 0 Å². The SMILES string of the molecule is CCCOc1ccc(C(=O)CCC(=O)N(C)C2CC3CCC(C2)N3)cc1. The third kappa shape index (κ3) is 4.64. The van der Waals surface area contributed by atoms with Crippen molar-refractivity contribution in [3.8, 4) is 5.75 Å². The first kappa shape index (κ1) is 18.9. The quantitative estimate of drug-likeness (QED) is 0.725. The van der Waals surface area contributed by atoms with Gasteiger partial charge in [0.05, 0.1) is 6.61 Å². The Morgan fingerprint density at radius 1 is 1.12 bits per heavy atom. The highest BCUT2D eigenvalue weighted by molar-refractivity contribution is 5.98. The molecule has 26 heavy (non-hydrogen) atoms. The summed E-state index contributed by atoms with van der Waals surface area (Å²) in [5.74, 6) is 0.867. The van der Waals surface area contributed by atoms with Crippen molar-refractivity contribution in [3.63, 3.8) is 0 Å². The van der Waals surface area contributed by atoms with Crippen LogP contribution in [0.2, 0.25) is 0 Å². The van der Waals surface area contributed by atoms with Crippen LogP contribution in [0.1, 0.15) is 62.2 Å². The van der Waals surface area contributed by atoms with Gasteiger partial charge in [0.2, 0.25) is 5.91 Å². The highest BCUT2D eigenvalue weighted by Gasteiger charge is 2.36. The van der Waals surface area contributed by atoms with Gasteiger partial charge in [0.25, 0.3) is 0 Å². The Kier molecular flexibility index (Phi) is 6.30. The molecular weight excluding hydrogens is 328 g/mol. The van der Waals surface area contributed by atoms with E-state index in [4.69, 9.17) is 4.74 Å². The van der Waals surface area contributed by atoms with Crippen LogP contribution in [0.25, 0.3) is 0 Å².